The average Bonchev–Trinajstić information content (AvgIpc) is 2.39. The maximum absolute atomic E-state index is 13.5. The number of nitrogens with two attached hydrogens (primary N) is 1. The lowest BCUT2D eigenvalue weighted by atomic mass is 10.1. The number of amides is 2. The lowest BCUT2D eigenvalue weighted by Crippen LogP contribution is -2.45. The van der Waals surface area contributed by atoms with Crippen molar-refractivity contribution in [3.8, 4) is 0 Å². The molecule has 1 atom stereocenters. The molecule has 0 heterocycles. The fourth-order valence-electron chi connectivity index (χ4n) is 1.48. The molecule has 0 spiro atoms. The average molecular weight is 285 g/mol. The van der Waals surface area contributed by atoms with Crippen molar-refractivity contribution in [2.24, 2.45) is 0 Å². The first-order valence-corrected chi connectivity index (χ1v) is 6.19. The van der Waals surface area contributed by atoms with E-state index < -0.39 is 29.1 Å². The monoisotopic (exact) mass is 285 g/mol. The van der Waals surface area contributed by atoms with Crippen molar-refractivity contribution in [2.45, 2.75) is 26.3 Å². The number of anilines is 1. The van der Waals surface area contributed by atoms with E-state index >= 15 is 0 Å². The van der Waals surface area contributed by atoms with Gasteiger partial charge in [-0.1, -0.05) is 6.92 Å². The first-order chi connectivity index (χ1) is 9.36. The van der Waals surface area contributed by atoms with Crippen LogP contribution in [0.4, 0.5) is 14.5 Å². The molecule has 0 aliphatic carbocycles. The second kappa shape index (κ2) is 6.83. The van der Waals surface area contributed by atoms with Gasteiger partial charge in [0.2, 0.25) is 5.91 Å². The van der Waals surface area contributed by atoms with E-state index in [9.17, 15) is 18.4 Å². The van der Waals surface area contributed by atoms with Crippen molar-refractivity contribution >= 4 is 17.5 Å². The van der Waals surface area contributed by atoms with E-state index in [1.54, 1.807) is 0 Å². The predicted octanol–water partition coefficient (Wildman–Crippen LogP) is 1.19. The summed E-state index contributed by atoms with van der Waals surface area (Å²) in [4.78, 5) is 23.4. The fraction of sp³-hybridized carbons (Fsp3) is 0.385. The van der Waals surface area contributed by atoms with E-state index in [0.29, 0.717) is 12.6 Å². The van der Waals surface area contributed by atoms with Crippen molar-refractivity contribution in [3.05, 3.63) is 29.3 Å². The van der Waals surface area contributed by atoms with Crippen LogP contribution >= 0.6 is 0 Å². The molecule has 0 aromatic heterocycles. The molecule has 7 heteroatoms. The first kappa shape index (κ1) is 15.9. The zero-order valence-electron chi connectivity index (χ0n) is 11.3. The largest absolute Gasteiger partial charge is 0.396 e. The predicted molar refractivity (Wildman–Crippen MR) is 71.0 cm³/mol. The van der Waals surface area contributed by atoms with Crippen LogP contribution in [-0.4, -0.2) is 24.4 Å². The van der Waals surface area contributed by atoms with Gasteiger partial charge in [0.15, 0.2) is 0 Å². The van der Waals surface area contributed by atoms with E-state index in [-0.39, 0.29) is 11.6 Å². The Morgan fingerprint density at radius 1 is 1.30 bits per heavy atom. The summed E-state index contributed by atoms with van der Waals surface area (Å²) < 4.78 is 26.5. The summed E-state index contributed by atoms with van der Waals surface area (Å²) in [6.07, 6.45) is 0.759. The highest BCUT2D eigenvalue weighted by molar-refractivity contribution is 5.98. The Kier molecular flexibility index (Phi) is 5.42. The molecule has 0 radical (unpaired) electrons. The van der Waals surface area contributed by atoms with Crippen LogP contribution in [-0.2, 0) is 4.79 Å². The zero-order chi connectivity index (χ0) is 15.3. The van der Waals surface area contributed by atoms with E-state index in [2.05, 4.69) is 10.6 Å². The van der Waals surface area contributed by atoms with Crippen LogP contribution in [0.25, 0.3) is 0 Å². The Bertz CT molecular complexity index is 521. The normalized spacial score (nSPS) is 11.8. The molecule has 0 saturated heterocycles. The molecule has 0 bridgehead atoms. The topological polar surface area (TPSA) is 84.2 Å². The fourth-order valence-corrected chi connectivity index (χ4v) is 1.48. The molecule has 0 aliphatic rings. The van der Waals surface area contributed by atoms with Crippen LogP contribution in [0, 0.1) is 11.6 Å². The molecular weight excluding hydrogens is 268 g/mol. The third kappa shape index (κ3) is 3.91. The van der Waals surface area contributed by atoms with Crippen LogP contribution in [0.3, 0.4) is 0 Å². The number of nitrogen functional groups attached to an aromatic ring is 1. The highest BCUT2D eigenvalue weighted by Gasteiger charge is 2.19. The molecule has 0 fully saturated rings. The number of rotatable bonds is 5. The third-order valence-corrected chi connectivity index (χ3v) is 2.62. The molecule has 0 aliphatic heterocycles. The summed E-state index contributed by atoms with van der Waals surface area (Å²) in [5.74, 6) is -3.17. The molecule has 110 valence electrons. The number of halogens is 2. The van der Waals surface area contributed by atoms with Gasteiger partial charge in [-0.25, -0.2) is 8.78 Å². The first-order valence-electron chi connectivity index (χ1n) is 6.19. The van der Waals surface area contributed by atoms with Crippen LogP contribution in [0.2, 0.25) is 0 Å². The highest BCUT2D eigenvalue weighted by Crippen LogP contribution is 2.16. The Balaban J connectivity index is 2.76. The maximum Gasteiger partial charge on any atom is 0.254 e. The minimum atomic E-state index is -1.03. The van der Waals surface area contributed by atoms with E-state index in [1.807, 2.05) is 6.92 Å². The van der Waals surface area contributed by atoms with E-state index in [1.165, 1.54) is 6.92 Å². The van der Waals surface area contributed by atoms with Crippen molar-refractivity contribution in [1.82, 2.24) is 10.6 Å². The van der Waals surface area contributed by atoms with Gasteiger partial charge in [0, 0.05) is 12.6 Å². The second-order valence-corrected chi connectivity index (χ2v) is 4.34. The number of carbonyl (C=O) groups is 2. The van der Waals surface area contributed by atoms with E-state index in [0.717, 1.165) is 12.5 Å². The highest BCUT2D eigenvalue weighted by atomic mass is 19.1. The van der Waals surface area contributed by atoms with Crippen LogP contribution < -0.4 is 16.4 Å². The van der Waals surface area contributed by atoms with Gasteiger partial charge < -0.3 is 16.4 Å². The van der Waals surface area contributed by atoms with Gasteiger partial charge >= 0.3 is 0 Å². The molecule has 20 heavy (non-hydrogen) atoms. The smallest absolute Gasteiger partial charge is 0.254 e. The molecule has 1 aromatic carbocycles. The molecule has 5 nitrogen and oxygen atoms in total. The number of hydrogen-bond acceptors (Lipinski definition) is 3. The van der Waals surface area contributed by atoms with Gasteiger partial charge in [-0.2, -0.15) is 0 Å². The van der Waals surface area contributed by atoms with Crippen LogP contribution in [0.5, 0.6) is 0 Å². The van der Waals surface area contributed by atoms with Gasteiger partial charge in [-0.3, -0.25) is 9.59 Å². The maximum atomic E-state index is 13.5. The summed E-state index contributed by atoms with van der Waals surface area (Å²) in [5.41, 5.74) is 4.55. The third-order valence-electron chi connectivity index (χ3n) is 2.62. The molecule has 0 saturated carbocycles. The van der Waals surface area contributed by atoms with Crippen LogP contribution in [0.15, 0.2) is 12.1 Å². The quantitative estimate of drug-likeness (QED) is 0.711. The van der Waals surface area contributed by atoms with Gasteiger partial charge in [-0.05, 0) is 19.4 Å². The van der Waals surface area contributed by atoms with Crippen molar-refractivity contribution < 1.29 is 18.4 Å². The van der Waals surface area contributed by atoms with Gasteiger partial charge in [0.1, 0.15) is 17.7 Å². The van der Waals surface area contributed by atoms with Crippen molar-refractivity contribution in [3.63, 3.8) is 0 Å². The molecule has 1 aromatic rings. The minimum absolute atomic E-state index is 0.334. The van der Waals surface area contributed by atoms with Crippen LogP contribution in [0.1, 0.15) is 30.6 Å². The van der Waals surface area contributed by atoms with E-state index in [4.69, 9.17) is 5.73 Å². The van der Waals surface area contributed by atoms with Gasteiger partial charge in [-0.15, -0.1) is 0 Å². The number of carbonyl (C=O) groups excluding carboxylic acids is 2. The summed E-state index contributed by atoms with van der Waals surface area (Å²) in [6, 6.07) is 0.600. The summed E-state index contributed by atoms with van der Waals surface area (Å²) in [7, 11) is 0. The Morgan fingerprint density at radius 3 is 2.55 bits per heavy atom. The van der Waals surface area contributed by atoms with Crippen molar-refractivity contribution in [2.75, 3.05) is 12.3 Å². The lowest BCUT2D eigenvalue weighted by Gasteiger charge is -2.14. The summed E-state index contributed by atoms with van der Waals surface area (Å²) in [5, 5.41) is 4.92. The molecule has 1 rings (SSSR count). The number of hydrogen-bond donors (Lipinski definition) is 3. The molecule has 1 unspecified atom stereocenters. The van der Waals surface area contributed by atoms with Gasteiger partial charge in [0.25, 0.3) is 5.91 Å². The Hall–Kier alpha value is -2.18. The van der Waals surface area contributed by atoms with Gasteiger partial charge in [0.05, 0.1) is 11.3 Å². The Morgan fingerprint density at radius 2 is 1.95 bits per heavy atom. The molecule has 4 N–H and O–H groups in total. The lowest BCUT2D eigenvalue weighted by molar-refractivity contribution is -0.122. The summed E-state index contributed by atoms with van der Waals surface area (Å²) in [6.45, 7) is 3.84. The second-order valence-electron chi connectivity index (χ2n) is 4.34. The number of benzene rings is 1. The van der Waals surface area contributed by atoms with Crippen molar-refractivity contribution in [1.29, 1.82) is 0 Å². The summed E-state index contributed by atoms with van der Waals surface area (Å²) >= 11 is 0. The number of nitrogens with one attached hydrogen (secondary N) is 2. The standard InChI is InChI=1S/C13H17F2N3O2/c1-3-4-17-12(19)7(2)18-13(20)8-5-11(16)10(15)6-9(8)14/h5-7H,3-4,16H2,1-2H3,(H,17,19)(H,18,20). The zero-order valence-corrected chi connectivity index (χ0v) is 11.3. The minimum Gasteiger partial charge on any atom is -0.396 e. The molecule has 2 amide bonds. The Labute approximate surface area is 115 Å². The molecular formula is C13H17F2N3O2. The SMILES string of the molecule is CCCNC(=O)C(C)NC(=O)c1cc(N)c(F)cc1F.